The van der Waals surface area contributed by atoms with Crippen molar-refractivity contribution in [3.05, 3.63) is 212 Å². The number of hydrogen-bond acceptors (Lipinski definition) is 3. The Morgan fingerprint density at radius 2 is 0.672 bits per heavy atom. The lowest BCUT2D eigenvalue weighted by Crippen LogP contribution is -2.01. The molecule has 1 heterocycles. The van der Waals surface area contributed by atoms with Crippen LogP contribution >= 0.6 is 0 Å². The molecular formula is C55H35N3. The minimum atomic E-state index is 0.630. The van der Waals surface area contributed by atoms with Gasteiger partial charge in [-0.05, 0) is 94.7 Å². The molecule has 3 nitrogen and oxygen atoms in total. The van der Waals surface area contributed by atoms with Crippen LogP contribution in [0.5, 0.6) is 0 Å². The molecule has 0 spiro atoms. The van der Waals surface area contributed by atoms with Gasteiger partial charge in [0, 0.05) is 16.7 Å². The smallest absolute Gasteiger partial charge is 0.164 e. The summed E-state index contributed by atoms with van der Waals surface area (Å²) in [7, 11) is 0. The quantitative estimate of drug-likeness (QED) is 0.171. The van der Waals surface area contributed by atoms with Gasteiger partial charge in [-0.25, -0.2) is 15.0 Å². The molecule has 0 saturated heterocycles. The van der Waals surface area contributed by atoms with Crippen molar-refractivity contribution in [2.24, 2.45) is 0 Å². The third kappa shape index (κ3) is 5.98. The Kier molecular flexibility index (Phi) is 8.15. The molecule has 0 amide bonds. The lowest BCUT2D eigenvalue weighted by molar-refractivity contribution is 1.08. The zero-order valence-electron chi connectivity index (χ0n) is 31.5. The van der Waals surface area contributed by atoms with E-state index in [1.807, 2.05) is 0 Å². The Morgan fingerprint density at radius 3 is 1.41 bits per heavy atom. The van der Waals surface area contributed by atoms with Crippen LogP contribution in [0.15, 0.2) is 212 Å². The standard InChI is InChI=1S/C55H35N3/c1-3-13-36(14-4-1)41-30-29-40-19-10-25-51(52(40)35-41)55-57-53(56-54(58-55)50-26-12-23-48-46(22-11-24-49(48)50)38-15-5-2-6-16-38)43-32-28-37-27-31-42(33-44(37)34-43)47-21-9-18-39-17-7-8-20-45(39)47/h1-35H. The highest BCUT2D eigenvalue weighted by molar-refractivity contribution is 6.05. The molecule has 58 heavy (non-hydrogen) atoms. The Hall–Kier alpha value is -7.75. The Morgan fingerprint density at radius 1 is 0.207 bits per heavy atom. The predicted molar refractivity (Wildman–Crippen MR) is 242 cm³/mol. The molecule has 0 N–H and O–H groups in total. The van der Waals surface area contributed by atoms with Crippen LogP contribution in [-0.2, 0) is 0 Å². The van der Waals surface area contributed by atoms with E-state index < -0.39 is 0 Å². The molecule has 0 aliphatic heterocycles. The first-order chi connectivity index (χ1) is 28.7. The highest BCUT2D eigenvalue weighted by atomic mass is 15.0. The van der Waals surface area contributed by atoms with Crippen molar-refractivity contribution in [3.63, 3.8) is 0 Å². The summed E-state index contributed by atoms with van der Waals surface area (Å²) in [5, 5.41) is 9.22. The summed E-state index contributed by atoms with van der Waals surface area (Å²) in [6.45, 7) is 0. The highest BCUT2D eigenvalue weighted by Crippen LogP contribution is 2.38. The van der Waals surface area contributed by atoms with E-state index in [2.05, 4.69) is 212 Å². The second kappa shape index (κ2) is 14.1. The van der Waals surface area contributed by atoms with Crippen LogP contribution in [0.3, 0.4) is 0 Å². The largest absolute Gasteiger partial charge is 0.208 e. The monoisotopic (exact) mass is 737 g/mol. The summed E-state index contributed by atoms with van der Waals surface area (Å²) in [6, 6.07) is 75.4. The van der Waals surface area contributed by atoms with Crippen LogP contribution in [-0.4, -0.2) is 15.0 Å². The van der Waals surface area contributed by atoms with Gasteiger partial charge >= 0.3 is 0 Å². The van der Waals surface area contributed by atoms with Gasteiger partial charge in [-0.3, -0.25) is 0 Å². The number of nitrogens with zero attached hydrogens (tertiary/aromatic N) is 3. The van der Waals surface area contributed by atoms with Crippen LogP contribution in [0.1, 0.15) is 0 Å². The van der Waals surface area contributed by atoms with Crippen molar-refractivity contribution in [2.45, 2.75) is 0 Å². The minimum Gasteiger partial charge on any atom is -0.208 e. The fourth-order valence-electron chi connectivity index (χ4n) is 8.43. The maximum Gasteiger partial charge on any atom is 0.164 e. The van der Waals surface area contributed by atoms with E-state index >= 15 is 0 Å². The first-order valence-electron chi connectivity index (χ1n) is 19.7. The molecule has 0 atom stereocenters. The van der Waals surface area contributed by atoms with Gasteiger partial charge in [0.05, 0.1) is 0 Å². The van der Waals surface area contributed by atoms with E-state index in [1.165, 1.54) is 38.6 Å². The summed E-state index contributed by atoms with van der Waals surface area (Å²) in [4.78, 5) is 15.9. The average molecular weight is 738 g/mol. The van der Waals surface area contributed by atoms with Crippen molar-refractivity contribution >= 4 is 43.1 Å². The molecule has 0 aliphatic rings. The number of hydrogen-bond donors (Lipinski definition) is 0. The Bertz CT molecular complexity index is 3300. The lowest BCUT2D eigenvalue weighted by atomic mass is 9.95. The van der Waals surface area contributed by atoms with Gasteiger partial charge in [-0.15, -0.1) is 0 Å². The second-order valence-corrected chi connectivity index (χ2v) is 14.8. The van der Waals surface area contributed by atoms with Crippen molar-refractivity contribution in [3.8, 4) is 67.5 Å². The summed E-state index contributed by atoms with van der Waals surface area (Å²) in [5.41, 5.74) is 9.91. The van der Waals surface area contributed by atoms with E-state index in [0.717, 1.165) is 54.6 Å². The van der Waals surface area contributed by atoms with Gasteiger partial charge < -0.3 is 0 Å². The number of aromatic nitrogens is 3. The number of benzene rings is 10. The summed E-state index contributed by atoms with van der Waals surface area (Å²) in [6.07, 6.45) is 0. The van der Waals surface area contributed by atoms with Crippen molar-refractivity contribution < 1.29 is 0 Å². The molecule has 0 unspecified atom stereocenters. The maximum absolute atomic E-state index is 5.33. The highest BCUT2D eigenvalue weighted by Gasteiger charge is 2.18. The molecule has 0 aliphatic carbocycles. The number of rotatable bonds is 6. The summed E-state index contributed by atoms with van der Waals surface area (Å²) < 4.78 is 0. The zero-order valence-corrected chi connectivity index (χ0v) is 31.5. The molecule has 10 aromatic carbocycles. The van der Waals surface area contributed by atoms with Crippen molar-refractivity contribution in [1.29, 1.82) is 0 Å². The first-order valence-corrected chi connectivity index (χ1v) is 19.7. The van der Waals surface area contributed by atoms with Crippen molar-refractivity contribution in [1.82, 2.24) is 15.0 Å². The van der Waals surface area contributed by atoms with Gasteiger partial charge in [-0.1, -0.05) is 194 Å². The molecule has 3 heteroatoms. The topological polar surface area (TPSA) is 38.7 Å². The Balaban J connectivity index is 1.12. The third-order valence-electron chi connectivity index (χ3n) is 11.3. The normalized spacial score (nSPS) is 11.4. The van der Waals surface area contributed by atoms with E-state index in [4.69, 9.17) is 15.0 Å². The van der Waals surface area contributed by atoms with Gasteiger partial charge in [0.2, 0.25) is 0 Å². The molecule has 11 aromatic rings. The van der Waals surface area contributed by atoms with E-state index in [9.17, 15) is 0 Å². The third-order valence-corrected chi connectivity index (χ3v) is 11.3. The van der Waals surface area contributed by atoms with Crippen LogP contribution in [0.25, 0.3) is 111 Å². The first kappa shape index (κ1) is 33.6. The van der Waals surface area contributed by atoms with Crippen LogP contribution < -0.4 is 0 Å². The zero-order chi connectivity index (χ0) is 38.4. The summed E-state index contributed by atoms with van der Waals surface area (Å²) in [5.74, 6) is 1.90. The molecule has 1 aromatic heterocycles. The van der Waals surface area contributed by atoms with Gasteiger partial charge in [0.25, 0.3) is 0 Å². The molecule has 0 fully saturated rings. The Labute approximate surface area is 336 Å². The average Bonchev–Trinajstić information content (AvgIpc) is 3.30. The van der Waals surface area contributed by atoms with Gasteiger partial charge in [0.1, 0.15) is 0 Å². The minimum absolute atomic E-state index is 0.630. The van der Waals surface area contributed by atoms with Crippen LogP contribution in [0.4, 0.5) is 0 Å². The van der Waals surface area contributed by atoms with E-state index in [-0.39, 0.29) is 0 Å². The molecule has 0 bridgehead atoms. The lowest BCUT2D eigenvalue weighted by Gasteiger charge is -2.14. The predicted octanol–water partition coefficient (Wildman–Crippen LogP) is 14.5. The SMILES string of the molecule is c1ccc(-c2ccc3cccc(-c4nc(-c5ccc6ccc(-c7cccc8ccccc78)cc6c5)nc(-c5cccc6c(-c7ccccc7)cccc56)n4)c3c2)cc1. The fraction of sp³-hybridized carbons (Fsp3) is 0. The van der Waals surface area contributed by atoms with Crippen LogP contribution in [0.2, 0.25) is 0 Å². The summed E-state index contributed by atoms with van der Waals surface area (Å²) >= 11 is 0. The van der Waals surface area contributed by atoms with Gasteiger partial charge in [0.15, 0.2) is 17.5 Å². The molecule has 0 saturated carbocycles. The van der Waals surface area contributed by atoms with E-state index in [1.54, 1.807) is 0 Å². The van der Waals surface area contributed by atoms with Crippen LogP contribution in [0, 0.1) is 0 Å². The maximum atomic E-state index is 5.33. The second-order valence-electron chi connectivity index (χ2n) is 14.8. The van der Waals surface area contributed by atoms with E-state index in [0.29, 0.717) is 17.5 Å². The number of fused-ring (bicyclic) bond motifs is 4. The molecule has 270 valence electrons. The molecule has 11 rings (SSSR count). The fourth-order valence-corrected chi connectivity index (χ4v) is 8.43. The molecular weight excluding hydrogens is 703 g/mol. The molecule has 0 radical (unpaired) electrons. The van der Waals surface area contributed by atoms with Gasteiger partial charge in [-0.2, -0.15) is 0 Å². The van der Waals surface area contributed by atoms with Crippen molar-refractivity contribution in [2.75, 3.05) is 0 Å².